The number of aromatic nitrogens is 2. The number of piperazine rings is 1. The number of carbonyl (C=O) groups is 1. The van der Waals surface area contributed by atoms with Crippen molar-refractivity contribution in [1.29, 1.82) is 0 Å². The van der Waals surface area contributed by atoms with Gasteiger partial charge in [0.25, 0.3) is 0 Å². The summed E-state index contributed by atoms with van der Waals surface area (Å²) in [6.07, 6.45) is 0.555. The van der Waals surface area contributed by atoms with E-state index in [1.807, 2.05) is 20.8 Å². The van der Waals surface area contributed by atoms with Crippen LogP contribution in [0.4, 0.5) is 10.5 Å². The number of amides is 1. The van der Waals surface area contributed by atoms with E-state index in [0.29, 0.717) is 13.1 Å². The molecule has 0 radical (unpaired) electrons. The zero-order valence-electron chi connectivity index (χ0n) is 19.5. The number of carbonyl (C=O) groups excluding carboxylic acids is 1. The maximum absolute atomic E-state index is 12.3. The van der Waals surface area contributed by atoms with Crippen molar-refractivity contribution >= 4 is 33.5 Å². The molecule has 1 aliphatic rings. The monoisotopic (exact) mass is 442 g/mol. The van der Waals surface area contributed by atoms with Crippen LogP contribution in [0.3, 0.4) is 0 Å². The van der Waals surface area contributed by atoms with Gasteiger partial charge in [0.15, 0.2) is 0 Å². The van der Waals surface area contributed by atoms with E-state index < -0.39 is 5.60 Å². The molecule has 1 fully saturated rings. The van der Waals surface area contributed by atoms with Gasteiger partial charge in [-0.3, -0.25) is 5.10 Å². The number of hydrogen-bond acceptors (Lipinski definition) is 4. The second-order valence-electron chi connectivity index (χ2n) is 9.67. The molecule has 1 saturated heterocycles. The van der Waals surface area contributed by atoms with E-state index in [9.17, 15) is 4.79 Å². The summed E-state index contributed by atoms with van der Waals surface area (Å²) >= 11 is 0. The van der Waals surface area contributed by atoms with E-state index in [4.69, 9.17) is 4.74 Å². The van der Waals surface area contributed by atoms with Gasteiger partial charge < -0.3 is 14.5 Å². The predicted octanol–water partition coefficient (Wildman–Crippen LogP) is 5.36. The number of hydrogen-bond donors (Lipinski definition) is 1. The fraction of sp³-hybridized carbons (Fsp3) is 0.333. The Labute approximate surface area is 194 Å². The van der Waals surface area contributed by atoms with Gasteiger partial charge in [-0.1, -0.05) is 42.5 Å². The average Bonchev–Trinajstić information content (AvgIpc) is 3.20. The molecule has 6 heteroatoms. The van der Waals surface area contributed by atoms with Crippen molar-refractivity contribution < 1.29 is 9.53 Å². The van der Waals surface area contributed by atoms with Gasteiger partial charge in [-0.15, -0.1) is 0 Å². The zero-order valence-corrected chi connectivity index (χ0v) is 19.5. The lowest BCUT2D eigenvalue weighted by Crippen LogP contribution is -2.50. The molecule has 0 atom stereocenters. The van der Waals surface area contributed by atoms with Gasteiger partial charge >= 0.3 is 6.09 Å². The van der Waals surface area contributed by atoms with Crippen molar-refractivity contribution in [1.82, 2.24) is 15.1 Å². The summed E-state index contributed by atoms with van der Waals surface area (Å²) in [5.41, 5.74) is 4.05. The van der Waals surface area contributed by atoms with Crippen LogP contribution in [-0.2, 0) is 11.2 Å². The Morgan fingerprint density at radius 2 is 1.73 bits per heavy atom. The zero-order chi connectivity index (χ0) is 23.0. The molecule has 5 rings (SSSR count). The number of H-pyrrole nitrogens is 1. The third kappa shape index (κ3) is 4.51. The lowest BCUT2D eigenvalue weighted by Gasteiger charge is -2.36. The van der Waals surface area contributed by atoms with E-state index in [1.54, 1.807) is 4.90 Å². The van der Waals surface area contributed by atoms with Crippen molar-refractivity contribution in [2.45, 2.75) is 32.8 Å². The Balaban J connectivity index is 1.30. The topological polar surface area (TPSA) is 61.5 Å². The summed E-state index contributed by atoms with van der Waals surface area (Å²) in [5.74, 6) is 0. The molecule has 4 aromatic rings. The maximum Gasteiger partial charge on any atom is 0.410 e. The predicted molar refractivity (Wildman–Crippen MR) is 133 cm³/mol. The highest BCUT2D eigenvalue weighted by molar-refractivity contribution is 5.88. The standard InChI is InChI=1S/C27H30N4O2/c1-27(2,3)33-26(32)31-15-13-30(14-16-31)21-11-12-23-24(28-29-25(23)18-21)17-20-9-6-8-19-7-4-5-10-22(19)20/h4-12,18H,13-17H2,1-3H3,(H,28,29). The average molecular weight is 443 g/mol. The fourth-order valence-electron chi connectivity index (χ4n) is 4.50. The van der Waals surface area contributed by atoms with Crippen LogP contribution in [0.2, 0.25) is 0 Å². The first-order valence-corrected chi connectivity index (χ1v) is 11.5. The molecule has 2 heterocycles. The number of benzene rings is 3. The van der Waals surface area contributed by atoms with Crippen LogP contribution >= 0.6 is 0 Å². The SMILES string of the molecule is CC(C)(C)OC(=O)N1CCN(c2ccc3c(Cc4cccc5ccccc45)n[nH]c3c2)CC1. The highest BCUT2D eigenvalue weighted by Crippen LogP contribution is 2.27. The van der Waals surface area contributed by atoms with Crippen molar-refractivity contribution in [2.75, 3.05) is 31.1 Å². The third-order valence-corrected chi connectivity index (χ3v) is 6.16. The van der Waals surface area contributed by atoms with E-state index in [2.05, 4.69) is 75.8 Å². The van der Waals surface area contributed by atoms with Gasteiger partial charge in [-0.05, 0) is 55.3 Å². The molecule has 170 valence electrons. The molecule has 0 spiro atoms. The van der Waals surface area contributed by atoms with Crippen molar-refractivity contribution in [3.05, 3.63) is 71.9 Å². The summed E-state index contributed by atoms with van der Waals surface area (Å²) in [7, 11) is 0. The maximum atomic E-state index is 12.3. The minimum Gasteiger partial charge on any atom is -0.444 e. The van der Waals surface area contributed by atoms with Crippen LogP contribution in [-0.4, -0.2) is 53.0 Å². The number of ether oxygens (including phenoxy) is 1. The Hall–Kier alpha value is -3.54. The van der Waals surface area contributed by atoms with Crippen LogP contribution in [0.25, 0.3) is 21.7 Å². The lowest BCUT2D eigenvalue weighted by molar-refractivity contribution is 0.0240. The number of rotatable bonds is 3. The van der Waals surface area contributed by atoms with Gasteiger partial charge in [0, 0.05) is 43.7 Å². The van der Waals surface area contributed by atoms with Gasteiger partial charge in [-0.2, -0.15) is 5.10 Å². The third-order valence-electron chi connectivity index (χ3n) is 6.16. The molecule has 3 aromatic carbocycles. The van der Waals surface area contributed by atoms with E-state index in [0.717, 1.165) is 41.8 Å². The Bertz CT molecular complexity index is 1290. The number of anilines is 1. The normalized spacial score (nSPS) is 14.8. The Morgan fingerprint density at radius 3 is 2.52 bits per heavy atom. The molecule has 0 unspecified atom stereocenters. The highest BCUT2D eigenvalue weighted by Gasteiger charge is 2.26. The van der Waals surface area contributed by atoms with E-state index in [-0.39, 0.29) is 6.09 Å². The Morgan fingerprint density at radius 1 is 0.970 bits per heavy atom. The van der Waals surface area contributed by atoms with Crippen LogP contribution in [0.5, 0.6) is 0 Å². The number of fused-ring (bicyclic) bond motifs is 2. The summed E-state index contributed by atoms with van der Waals surface area (Å²) in [5, 5.41) is 11.5. The summed E-state index contributed by atoms with van der Waals surface area (Å²) < 4.78 is 5.51. The number of nitrogens with one attached hydrogen (secondary N) is 1. The molecular weight excluding hydrogens is 412 g/mol. The molecule has 1 aromatic heterocycles. The second-order valence-corrected chi connectivity index (χ2v) is 9.67. The smallest absolute Gasteiger partial charge is 0.410 e. The second kappa shape index (κ2) is 8.43. The van der Waals surface area contributed by atoms with Crippen LogP contribution in [0, 0.1) is 0 Å². The Kier molecular flexibility index (Phi) is 5.44. The minimum absolute atomic E-state index is 0.232. The molecular formula is C27H30N4O2. The minimum atomic E-state index is -0.469. The fourth-order valence-corrected chi connectivity index (χ4v) is 4.50. The molecule has 1 amide bonds. The highest BCUT2D eigenvalue weighted by atomic mass is 16.6. The van der Waals surface area contributed by atoms with Gasteiger partial charge in [0.2, 0.25) is 0 Å². The first-order chi connectivity index (χ1) is 15.9. The van der Waals surface area contributed by atoms with Gasteiger partial charge in [-0.25, -0.2) is 4.79 Å². The molecule has 6 nitrogen and oxygen atoms in total. The van der Waals surface area contributed by atoms with Crippen LogP contribution < -0.4 is 4.90 Å². The first-order valence-electron chi connectivity index (χ1n) is 11.5. The summed E-state index contributed by atoms with van der Waals surface area (Å²) in [6, 6.07) is 21.4. The lowest BCUT2D eigenvalue weighted by atomic mass is 9.99. The quantitative estimate of drug-likeness (QED) is 0.464. The van der Waals surface area contributed by atoms with Crippen molar-refractivity contribution in [3.8, 4) is 0 Å². The molecule has 33 heavy (non-hydrogen) atoms. The summed E-state index contributed by atoms with van der Waals surface area (Å²) in [6.45, 7) is 8.56. The first kappa shape index (κ1) is 21.3. The van der Waals surface area contributed by atoms with Crippen molar-refractivity contribution in [2.24, 2.45) is 0 Å². The molecule has 0 bridgehead atoms. The summed E-state index contributed by atoms with van der Waals surface area (Å²) in [4.78, 5) is 16.4. The van der Waals surface area contributed by atoms with Gasteiger partial charge in [0.05, 0.1) is 11.2 Å². The molecule has 1 aliphatic heterocycles. The van der Waals surface area contributed by atoms with Crippen molar-refractivity contribution in [3.63, 3.8) is 0 Å². The van der Waals surface area contributed by atoms with E-state index >= 15 is 0 Å². The van der Waals surface area contributed by atoms with Crippen LogP contribution in [0.15, 0.2) is 60.7 Å². The van der Waals surface area contributed by atoms with Gasteiger partial charge in [0.1, 0.15) is 5.60 Å². The molecule has 1 N–H and O–H groups in total. The van der Waals surface area contributed by atoms with E-state index in [1.165, 1.54) is 16.3 Å². The number of aromatic amines is 1. The number of nitrogens with zero attached hydrogens (tertiary/aromatic N) is 3. The molecule has 0 aliphatic carbocycles. The largest absolute Gasteiger partial charge is 0.444 e. The molecule has 0 saturated carbocycles. The van der Waals surface area contributed by atoms with Crippen LogP contribution in [0.1, 0.15) is 32.0 Å².